The molecule has 0 aliphatic rings. The normalized spacial score (nSPS) is 15.2. The monoisotopic (exact) mass is 454 g/mol. The minimum atomic E-state index is -0.407. The highest BCUT2D eigenvalue weighted by molar-refractivity contribution is 5.60. The molecule has 3 heteroatoms. The molecule has 0 fully saturated rings. The first-order chi connectivity index (χ1) is 15.6. The molecule has 192 valence electrons. The van der Waals surface area contributed by atoms with Crippen LogP contribution in [0.5, 0.6) is 0 Å². The van der Waals surface area contributed by atoms with Crippen molar-refractivity contribution in [1.82, 2.24) is 0 Å². The second-order valence-corrected chi connectivity index (χ2v) is 9.88. The number of hydrogen-bond acceptors (Lipinski definition) is 3. The van der Waals surface area contributed by atoms with E-state index in [2.05, 4.69) is 41.5 Å². The van der Waals surface area contributed by atoms with Crippen LogP contribution in [0.1, 0.15) is 157 Å². The molecule has 32 heavy (non-hydrogen) atoms. The lowest BCUT2D eigenvalue weighted by Gasteiger charge is -2.29. The van der Waals surface area contributed by atoms with Crippen molar-refractivity contribution in [3.63, 3.8) is 0 Å². The van der Waals surface area contributed by atoms with Crippen LogP contribution in [0.2, 0.25) is 0 Å². The summed E-state index contributed by atoms with van der Waals surface area (Å²) in [7, 11) is 0. The van der Waals surface area contributed by atoms with Crippen molar-refractivity contribution in [2.75, 3.05) is 0 Å². The van der Waals surface area contributed by atoms with Gasteiger partial charge in [0, 0.05) is 0 Å². The predicted molar refractivity (Wildman–Crippen MR) is 139 cm³/mol. The van der Waals surface area contributed by atoms with Gasteiger partial charge in [0.1, 0.15) is 12.2 Å². The molecule has 0 aromatic carbocycles. The smallest absolute Gasteiger partial charge is 0.431 e. The molecule has 0 saturated carbocycles. The molecule has 0 amide bonds. The second kappa shape index (κ2) is 22.1. The topological polar surface area (TPSA) is 35.5 Å². The molecule has 4 atom stereocenters. The van der Waals surface area contributed by atoms with Gasteiger partial charge < -0.3 is 9.47 Å². The summed E-state index contributed by atoms with van der Waals surface area (Å²) in [4.78, 5) is 13.0. The summed E-state index contributed by atoms with van der Waals surface area (Å²) in [6, 6.07) is 0. The molecule has 0 saturated heterocycles. The van der Waals surface area contributed by atoms with Gasteiger partial charge in [0.05, 0.1) is 0 Å². The van der Waals surface area contributed by atoms with Gasteiger partial charge in [0.2, 0.25) is 0 Å². The molecule has 0 bridgehead atoms. The number of hydrogen-bond donors (Lipinski definition) is 0. The third kappa shape index (κ3) is 15.2. The Balaban J connectivity index is 5.10. The zero-order valence-electron chi connectivity index (χ0n) is 22.8. The molecular weight excluding hydrogens is 396 g/mol. The highest BCUT2D eigenvalue weighted by Gasteiger charge is 2.28. The van der Waals surface area contributed by atoms with Crippen molar-refractivity contribution in [2.24, 2.45) is 11.8 Å². The third-order valence-corrected chi connectivity index (χ3v) is 7.14. The lowest BCUT2D eigenvalue weighted by molar-refractivity contribution is -0.0404. The molecule has 0 aromatic heterocycles. The maximum absolute atomic E-state index is 13.0. The number of unbranched alkanes of at least 4 members (excludes halogenated alkanes) is 8. The molecule has 4 unspecified atom stereocenters. The fourth-order valence-corrected chi connectivity index (χ4v) is 4.84. The summed E-state index contributed by atoms with van der Waals surface area (Å²) in [6.07, 6.45) is 20.5. The van der Waals surface area contributed by atoms with E-state index in [-0.39, 0.29) is 12.2 Å². The summed E-state index contributed by atoms with van der Waals surface area (Å²) in [5, 5.41) is 0. The van der Waals surface area contributed by atoms with Gasteiger partial charge in [-0.2, -0.15) is 0 Å². The average molecular weight is 455 g/mol. The van der Waals surface area contributed by atoms with Gasteiger partial charge in [-0.25, -0.2) is 4.79 Å². The minimum absolute atomic E-state index is 0.00682. The van der Waals surface area contributed by atoms with E-state index in [0.717, 1.165) is 51.4 Å². The largest absolute Gasteiger partial charge is 0.508 e. The summed E-state index contributed by atoms with van der Waals surface area (Å²) >= 11 is 0. The van der Waals surface area contributed by atoms with Crippen LogP contribution in [0, 0.1) is 11.8 Å². The highest BCUT2D eigenvalue weighted by Crippen LogP contribution is 2.28. The first-order valence-electron chi connectivity index (χ1n) is 14.4. The van der Waals surface area contributed by atoms with Gasteiger partial charge in [0.25, 0.3) is 0 Å². The van der Waals surface area contributed by atoms with E-state index in [0.29, 0.717) is 11.8 Å². The van der Waals surface area contributed by atoms with E-state index < -0.39 is 6.16 Å². The van der Waals surface area contributed by atoms with Crippen LogP contribution in [0.3, 0.4) is 0 Å². The van der Waals surface area contributed by atoms with Gasteiger partial charge in [-0.05, 0) is 63.2 Å². The number of carbonyl (C=O) groups is 1. The lowest BCUT2D eigenvalue weighted by atomic mass is 9.89. The zero-order chi connectivity index (χ0) is 24.0. The van der Waals surface area contributed by atoms with Gasteiger partial charge in [0.15, 0.2) is 0 Å². The van der Waals surface area contributed by atoms with E-state index in [1.54, 1.807) is 0 Å². The molecule has 0 aromatic rings. The summed E-state index contributed by atoms with van der Waals surface area (Å²) in [5.41, 5.74) is 0. The summed E-state index contributed by atoms with van der Waals surface area (Å²) in [6.45, 7) is 13.4. The zero-order valence-corrected chi connectivity index (χ0v) is 22.8. The lowest BCUT2D eigenvalue weighted by Crippen LogP contribution is -2.32. The predicted octanol–water partition coefficient (Wildman–Crippen LogP) is 10.3. The fourth-order valence-electron chi connectivity index (χ4n) is 4.84. The molecule has 0 radical (unpaired) electrons. The first-order valence-corrected chi connectivity index (χ1v) is 14.4. The van der Waals surface area contributed by atoms with E-state index in [4.69, 9.17) is 9.47 Å². The van der Waals surface area contributed by atoms with Crippen LogP contribution >= 0.6 is 0 Å². The first kappa shape index (κ1) is 31.3. The van der Waals surface area contributed by atoms with Gasteiger partial charge >= 0.3 is 6.16 Å². The number of ether oxygens (including phenoxy) is 2. The Kier molecular flexibility index (Phi) is 21.6. The Hall–Kier alpha value is -0.730. The van der Waals surface area contributed by atoms with E-state index in [1.807, 2.05) is 0 Å². The second-order valence-electron chi connectivity index (χ2n) is 9.88. The van der Waals surface area contributed by atoms with Crippen LogP contribution in [0.25, 0.3) is 0 Å². The number of carbonyl (C=O) groups excluding carboxylic acids is 1. The Bertz CT molecular complexity index is 373. The quantitative estimate of drug-likeness (QED) is 0.120. The summed E-state index contributed by atoms with van der Waals surface area (Å²) < 4.78 is 12.2. The van der Waals surface area contributed by atoms with Crippen molar-refractivity contribution in [3.05, 3.63) is 0 Å². The van der Waals surface area contributed by atoms with E-state index in [9.17, 15) is 4.79 Å². The van der Waals surface area contributed by atoms with E-state index in [1.165, 1.54) is 64.2 Å². The van der Waals surface area contributed by atoms with Crippen LogP contribution in [0.15, 0.2) is 0 Å². The Morgan fingerprint density at radius 2 is 0.875 bits per heavy atom. The molecule has 0 spiro atoms. The molecular formula is C29H58O3. The minimum Gasteiger partial charge on any atom is -0.431 e. The standard InChI is InChI=1S/C29H58O3/c1-7-13-17-19-23-27(25(11-5)21-15-9-3)31-29(30)32-28(24-20-18-14-8-2)26(12-6)22-16-10-4/h25-28H,7-24H2,1-6H3. The molecule has 0 aliphatic heterocycles. The molecule has 0 rings (SSSR count). The Labute approximate surface area is 201 Å². The van der Waals surface area contributed by atoms with Crippen LogP contribution < -0.4 is 0 Å². The van der Waals surface area contributed by atoms with Crippen molar-refractivity contribution in [2.45, 2.75) is 169 Å². The Morgan fingerprint density at radius 1 is 0.500 bits per heavy atom. The fraction of sp³-hybridized carbons (Fsp3) is 0.966. The van der Waals surface area contributed by atoms with Gasteiger partial charge in [-0.1, -0.05) is 106 Å². The molecule has 0 heterocycles. The molecule has 0 N–H and O–H groups in total. The van der Waals surface area contributed by atoms with Gasteiger partial charge in [-0.3, -0.25) is 0 Å². The van der Waals surface area contributed by atoms with E-state index >= 15 is 0 Å². The third-order valence-electron chi connectivity index (χ3n) is 7.14. The Morgan fingerprint density at radius 3 is 1.19 bits per heavy atom. The van der Waals surface area contributed by atoms with Crippen LogP contribution in [-0.4, -0.2) is 18.4 Å². The summed E-state index contributed by atoms with van der Waals surface area (Å²) in [5.74, 6) is 0.906. The van der Waals surface area contributed by atoms with Crippen molar-refractivity contribution in [3.8, 4) is 0 Å². The molecule has 3 nitrogen and oxygen atoms in total. The van der Waals surface area contributed by atoms with Gasteiger partial charge in [-0.15, -0.1) is 0 Å². The van der Waals surface area contributed by atoms with Crippen molar-refractivity contribution in [1.29, 1.82) is 0 Å². The van der Waals surface area contributed by atoms with Crippen LogP contribution in [-0.2, 0) is 9.47 Å². The van der Waals surface area contributed by atoms with Crippen LogP contribution in [0.4, 0.5) is 4.79 Å². The van der Waals surface area contributed by atoms with Crippen molar-refractivity contribution >= 4 is 6.16 Å². The highest BCUT2D eigenvalue weighted by atomic mass is 16.7. The average Bonchev–Trinajstić information content (AvgIpc) is 2.79. The number of rotatable bonds is 22. The maximum atomic E-state index is 13.0. The maximum Gasteiger partial charge on any atom is 0.508 e. The SMILES string of the molecule is CCCCCCC(OC(=O)OC(CCCCCC)C(CC)CCCC)C(CC)CCCC. The van der Waals surface area contributed by atoms with Crippen molar-refractivity contribution < 1.29 is 14.3 Å². The molecule has 0 aliphatic carbocycles.